The molecule has 1 aliphatic carbocycles. The van der Waals surface area contributed by atoms with E-state index < -0.39 is 0 Å². The van der Waals surface area contributed by atoms with E-state index in [1.54, 1.807) is 14.2 Å². The molecule has 0 bridgehead atoms. The molecule has 1 aromatic carbocycles. The monoisotopic (exact) mass is 428 g/mol. The van der Waals surface area contributed by atoms with Crippen molar-refractivity contribution in [3.8, 4) is 11.5 Å². The molecule has 170 valence electrons. The second-order valence-electron chi connectivity index (χ2n) is 9.65. The van der Waals surface area contributed by atoms with E-state index in [1.807, 2.05) is 10.7 Å². The van der Waals surface area contributed by atoms with Crippen LogP contribution in [0.4, 0.5) is 0 Å². The molecule has 1 aliphatic heterocycles. The number of aromatic nitrogens is 4. The summed E-state index contributed by atoms with van der Waals surface area (Å²) in [5.74, 6) is 2.32. The zero-order valence-corrected chi connectivity index (χ0v) is 19.5. The van der Waals surface area contributed by atoms with Gasteiger partial charge in [0.05, 0.1) is 25.8 Å². The van der Waals surface area contributed by atoms with Crippen molar-refractivity contribution in [3.05, 3.63) is 29.6 Å². The minimum absolute atomic E-state index is 0.0419. The number of ether oxygens (including phenoxy) is 2. The van der Waals surface area contributed by atoms with Gasteiger partial charge in [0.1, 0.15) is 0 Å². The predicted octanol–water partition coefficient (Wildman–Crippen LogP) is 3.09. The Balaban J connectivity index is 1.67. The lowest BCUT2D eigenvalue weighted by molar-refractivity contribution is 0.0755. The number of hydrogen-bond acceptors (Lipinski definition) is 7. The first-order valence-corrected chi connectivity index (χ1v) is 11.4. The van der Waals surface area contributed by atoms with Crippen LogP contribution >= 0.6 is 0 Å². The highest BCUT2D eigenvalue weighted by Crippen LogP contribution is 2.36. The normalized spacial score (nSPS) is 20.2. The molecular formula is C23H36N6O2. The Bertz CT molecular complexity index is 863. The summed E-state index contributed by atoms with van der Waals surface area (Å²) in [4.78, 5) is 5.20. The smallest absolute Gasteiger partial charge is 0.173 e. The van der Waals surface area contributed by atoms with Gasteiger partial charge in [-0.2, -0.15) is 0 Å². The summed E-state index contributed by atoms with van der Waals surface area (Å²) in [7, 11) is 3.34. The van der Waals surface area contributed by atoms with Gasteiger partial charge in [-0.05, 0) is 61.7 Å². The minimum atomic E-state index is -0.209. The van der Waals surface area contributed by atoms with Gasteiger partial charge < -0.3 is 9.47 Å². The van der Waals surface area contributed by atoms with Crippen molar-refractivity contribution in [2.45, 2.75) is 64.1 Å². The van der Waals surface area contributed by atoms with Crippen LogP contribution in [0, 0.1) is 0 Å². The van der Waals surface area contributed by atoms with Crippen LogP contribution in [0.5, 0.6) is 11.5 Å². The van der Waals surface area contributed by atoms with E-state index in [4.69, 9.17) is 9.47 Å². The first-order valence-electron chi connectivity index (χ1n) is 11.4. The summed E-state index contributed by atoms with van der Waals surface area (Å²) >= 11 is 0. The third kappa shape index (κ3) is 4.55. The molecule has 1 atom stereocenters. The second kappa shape index (κ2) is 9.12. The molecule has 8 heteroatoms. The van der Waals surface area contributed by atoms with E-state index in [0.29, 0.717) is 0 Å². The Morgan fingerprint density at radius 1 is 0.968 bits per heavy atom. The summed E-state index contributed by atoms with van der Waals surface area (Å²) in [5.41, 5.74) is 0.909. The number of benzene rings is 1. The van der Waals surface area contributed by atoms with E-state index >= 15 is 0 Å². The van der Waals surface area contributed by atoms with Crippen LogP contribution in [0.2, 0.25) is 0 Å². The third-order valence-electron chi connectivity index (χ3n) is 6.65. The molecule has 0 N–H and O–H groups in total. The van der Waals surface area contributed by atoms with Crippen molar-refractivity contribution in [1.82, 2.24) is 30.0 Å². The summed E-state index contributed by atoms with van der Waals surface area (Å²) in [6, 6.07) is 6.87. The van der Waals surface area contributed by atoms with Crippen molar-refractivity contribution in [3.63, 3.8) is 0 Å². The highest BCUT2D eigenvalue weighted by atomic mass is 16.5. The number of hydrogen-bond donors (Lipinski definition) is 0. The molecule has 0 radical (unpaired) electrons. The maximum atomic E-state index is 5.60. The molecule has 2 heterocycles. The quantitative estimate of drug-likeness (QED) is 0.700. The summed E-state index contributed by atoms with van der Waals surface area (Å²) < 4.78 is 13.0. The highest BCUT2D eigenvalue weighted by molar-refractivity contribution is 5.45. The lowest BCUT2D eigenvalue weighted by Crippen LogP contribution is -2.51. The Labute approximate surface area is 185 Å². The van der Waals surface area contributed by atoms with Crippen LogP contribution in [0.3, 0.4) is 0 Å². The van der Waals surface area contributed by atoms with E-state index in [9.17, 15) is 0 Å². The van der Waals surface area contributed by atoms with E-state index in [-0.39, 0.29) is 11.6 Å². The van der Waals surface area contributed by atoms with E-state index in [0.717, 1.165) is 55.1 Å². The molecule has 2 fully saturated rings. The third-order valence-corrected chi connectivity index (χ3v) is 6.65. The molecule has 0 amide bonds. The van der Waals surface area contributed by atoms with Crippen molar-refractivity contribution >= 4 is 0 Å². The van der Waals surface area contributed by atoms with Crippen LogP contribution in [0.1, 0.15) is 63.9 Å². The second-order valence-corrected chi connectivity index (χ2v) is 9.65. The van der Waals surface area contributed by atoms with Gasteiger partial charge in [0.2, 0.25) is 0 Å². The lowest BCUT2D eigenvalue weighted by Gasteiger charge is -2.41. The van der Waals surface area contributed by atoms with Crippen LogP contribution in [0.15, 0.2) is 18.2 Å². The lowest BCUT2D eigenvalue weighted by atomic mass is 10.0. The van der Waals surface area contributed by atoms with Gasteiger partial charge in [-0.15, -0.1) is 5.10 Å². The van der Waals surface area contributed by atoms with Crippen LogP contribution < -0.4 is 9.47 Å². The van der Waals surface area contributed by atoms with Gasteiger partial charge in [0, 0.05) is 32.2 Å². The van der Waals surface area contributed by atoms with Crippen molar-refractivity contribution in [2.24, 2.45) is 0 Å². The average molecular weight is 429 g/mol. The molecule has 31 heavy (non-hydrogen) atoms. The van der Waals surface area contributed by atoms with E-state index in [2.05, 4.69) is 58.2 Å². The Morgan fingerprint density at radius 2 is 1.65 bits per heavy atom. The number of tetrazole rings is 1. The molecule has 1 saturated heterocycles. The van der Waals surface area contributed by atoms with Gasteiger partial charge in [-0.25, -0.2) is 4.68 Å². The summed E-state index contributed by atoms with van der Waals surface area (Å²) in [6.45, 7) is 10.6. The molecule has 4 rings (SSSR count). The first-order chi connectivity index (χ1) is 14.9. The highest BCUT2D eigenvalue weighted by Gasteiger charge is 2.35. The summed E-state index contributed by atoms with van der Waals surface area (Å²) in [6.07, 6.45) is 5.45. The average Bonchev–Trinajstić information content (AvgIpc) is 3.46. The van der Waals surface area contributed by atoms with Gasteiger partial charge >= 0.3 is 0 Å². The first kappa shape index (κ1) is 22.0. The number of rotatable bonds is 6. The standard InChI is InChI=1S/C23H36N6O2/c1-23(2,3)29-22(24-25-26-29)21(17-10-11-19(30-4)20(16-17)31-5)28-14-12-27(13-15-28)18-8-6-7-9-18/h10-11,16,18,21H,6-9,12-15H2,1-5H3/t21-/m1/s1. The van der Waals surface area contributed by atoms with Gasteiger partial charge in [0.15, 0.2) is 17.3 Å². The van der Waals surface area contributed by atoms with Gasteiger partial charge in [-0.3, -0.25) is 9.80 Å². The maximum absolute atomic E-state index is 5.60. The fraction of sp³-hybridized carbons (Fsp3) is 0.696. The van der Waals surface area contributed by atoms with Crippen LogP contribution in [-0.4, -0.2) is 76.4 Å². The molecule has 2 aliphatic rings. The SMILES string of the molecule is COc1ccc([C@H](c2nnnn2C(C)(C)C)N2CCN(C3CCCC3)CC2)cc1OC. The number of piperazine rings is 1. The predicted molar refractivity (Wildman–Crippen MR) is 120 cm³/mol. The molecule has 8 nitrogen and oxygen atoms in total. The molecule has 1 aromatic heterocycles. The number of nitrogens with zero attached hydrogens (tertiary/aromatic N) is 6. The fourth-order valence-electron chi connectivity index (χ4n) is 5.02. The maximum Gasteiger partial charge on any atom is 0.173 e. The van der Waals surface area contributed by atoms with Gasteiger partial charge in [0.25, 0.3) is 0 Å². The molecule has 0 spiro atoms. The molecular weight excluding hydrogens is 392 g/mol. The zero-order chi connectivity index (χ0) is 22.0. The Morgan fingerprint density at radius 3 is 2.26 bits per heavy atom. The minimum Gasteiger partial charge on any atom is -0.493 e. The summed E-state index contributed by atoms with van der Waals surface area (Å²) in [5, 5.41) is 12.9. The zero-order valence-electron chi connectivity index (χ0n) is 19.5. The van der Waals surface area contributed by atoms with Gasteiger partial charge in [-0.1, -0.05) is 18.9 Å². The topological polar surface area (TPSA) is 68.5 Å². The van der Waals surface area contributed by atoms with Crippen molar-refractivity contribution in [2.75, 3.05) is 40.4 Å². The molecule has 2 aromatic rings. The largest absolute Gasteiger partial charge is 0.493 e. The van der Waals surface area contributed by atoms with E-state index in [1.165, 1.54) is 25.7 Å². The Hall–Kier alpha value is -2.19. The van der Waals surface area contributed by atoms with Crippen LogP contribution in [-0.2, 0) is 5.54 Å². The fourth-order valence-corrected chi connectivity index (χ4v) is 5.02. The van der Waals surface area contributed by atoms with Crippen molar-refractivity contribution in [1.29, 1.82) is 0 Å². The molecule has 0 unspecified atom stereocenters. The van der Waals surface area contributed by atoms with Crippen LogP contribution in [0.25, 0.3) is 0 Å². The van der Waals surface area contributed by atoms with Crippen molar-refractivity contribution < 1.29 is 9.47 Å². The Kier molecular flexibility index (Phi) is 6.48. The number of methoxy groups -OCH3 is 2. The molecule has 1 saturated carbocycles.